The minimum atomic E-state index is -0.627. The Bertz CT molecular complexity index is 418. The Morgan fingerprint density at radius 3 is 2.94 bits per heavy atom. The Kier molecular flexibility index (Phi) is 6.92. The Morgan fingerprint density at radius 2 is 2.22 bits per heavy atom. The van der Waals surface area contributed by atoms with Gasteiger partial charge in [-0.25, -0.2) is 0 Å². The van der Waals surface area contributed by atoms with E-state index in [1.54, 1.807) is 18.2 Å². The van der Waals surface area contributed by atoms with Crippen LogP contribution in [0.3, 0.4) is 0 Å². The van der Waals surface area contributed by atoms with Crippen molar-refractivity contribution in [2.24, 2.45) is 0 Å². The first-order valence-corrected chi connectivity index (χ1v) is 6.29. The van der Waals surface area contributed by atoms with Crippen molar-refractivity contribution < 1.29 is 9.84 Å². The van der Waals surface area contributed by atoms with E-state index in [1.807, 2.05) is 0 Å². The van der Waals surface area contributed by atoms with E-state index in [0.29, 0.717) is 35.3 Å². The number of hydrogen-bond donors (Lipinski definition) is 2. The predicted molar refractivity (Wildman–Crippen MR) is 74.3 cm³/mol. The highest BCUT2D eigenvalue weighted by Gasteiger charge is 2.07. The van der Waals surface area contributed by atoms with Crippen molar-refractivity contribution in [1.29, 1.82) is 0 Å². The summed E-state index contributed by atoms with van der Waals surface area (Å²) < 4.78 is 5.39. The first-order valence-electron chi connectivity index (χ1n) is 5.53. The molecule has 0 aromatic heterocycles. The molecule has 0 heterocycles. The largest absolute Gasteiger partial charge is 0.489 e. The van der Waals surface area contributed by atoms with Gasteiger partial charge in [0.25, 0.3) is 0 Å². The third kappa shape index (κ3) is 5.61. The maximum atomic E-state index is 9.65. The van der Waals surface area contributed by atoms with Gasteiger partial charge in [0.2, 0.25) is 0 Å². The minimum Gasteiger partial charge on any atom is -0.489 e. The summed E-state index contributed by atoms with van der Waals surface area (Å²) in [6.07, 6.45) is 5.11. The van der Waals surface area contributed by atoms with E-state index in [4.69, 9.17) is 34.4 Å². The molecule has 1 atom stereocenters. The van der Waals surface area contributed by atoms with Crippen LogP contribution in [0.2, 0.25) is 10.0 Å². The number of hydrogen-bond acceptors (Lipinski definition) is 3. The molecule has 0 radical (unpaired) electrons. The van der Waals surface area contributed by atoms with Crippen LogP contribution in [0.15, 0.2) is 18.2 Å². The molecule has 1 unspecified atom stereocenters. The highest BCUT2D eigenvalue weighted by Crippen LogP contribution is 2.27. The van der Waals surface area contributed by atoms with Gasteiger partial charge in [-0.05, 0) is 12.1 Å². The molecule has 18 heavy (non-hydrogen) atoms. The molecule has 0 spiro atoms. The van der Waals surface area contributed by atoms with Crippen LogP contribution in [0.4, 0.5) is 0 Å². The fourth-order valence-corrected chi connectivity index (χ4v) is 1.60. The van der Waals surface area contributed by atoms with Gasteiger partial charge in [0.15, 0.2) is 0 Å². The van der Waals surface area contributed by atoms with Gasteiger partial charge in [0, 0.05) is 30.6 Å². The van der Waals surface area contributed by atoms with E-state index in [9.17, 15) is 5.11 Å². The van der Waals surface area contributed by atoms with Gasteiger partial charge < -0.3 is 15.2 Å². The molecule has 5 heteroatoms. The number of aliphatic hydroxyl groups excluding tert-OH is 1. The second-order valence-electron chi connectivity index (χ2n) is 3.70. The zero-order valence-electron chi connectivity index (χ0n) is 9.83. The second-order valence-corrected chi connectivity index (χ2v) is 4.54. The minimum absolute atomic E-state index is 0.142. The normalized spacial score (nSPS) is 11.9. The molecular weight excluding hydrogens is 273 g/mol. The summed E-state index contributed by atoms with van der Waals surface area (Å²) in [5.74, 6) is 2.97. The number of ether oxygens (including phenoxy) is 1. The van der Waals surface area contributed by atoms with Crippen molar-refractivity contribution in [3.05, 3.63) is 28.2 Å². The maximum absolute atomic E-state index is 9.65. The number of aliphatic hydroxyl groups is 1. The summed E-state index contributed by atoms with van der Waals surface area (Å²) in [5.41, 5.74) is 0. The average molecular weight is 288 g/mol. The first kappa shape index (κ1) is 15.1. The number of rotatable bonds is 7. The van der Waals surface area contributed by atoms with Crippen molar-refractivity contribution in [2.45, 2.75) is 12.5 Å². The fourth-order valence-electron chi connectivity index (χ4n) is 1.26. The molecular formula is C13H15Cl2NO2. The first-order chi connectivity index (χ1) is 8.63. The predicted octanol–water partition coefficient (Wildman–Crippen LogP) is 2.35. The third-order valence-corrected chi connectivity index (χ3v) is 2.70. The van der Waals surface area contributed by atoms with Crippen LogP contribution in [0.25, 0.3) is 0 Å². The van der Waals surface area contributed by atoms with E-state index in [2.05, 4.69) is 11.2 Å². The van der Waals surface area contributed by atoms with E-state index in [1.165, 1.54) is 0 Å². The number of terminal acetylenes is 1. The third-order valence-electron chi connectivity index (χ3n) is 2.15. The fraction of sp³-hybridized carbons (Fsp3) is 0.385. The van der Waals surface area contributed by atoms with Gasteiger partial charge in [0.1, 0.15) is 18.5 Å². The smallest absolute Gasteiger partial charge is 0.139 e. The van der Waals surface area contributed by atoms with Crippen molar-refractivity contribution in [3.63, 3.8) is 0 Å². The summed E-state index contributed by atoms with van der Waals surface area (Å²) in [6.45, 7) is 1.23. The summed E-state index contributed by atoms with van der Waals surface area (Å²) in [6, 6.07) is 4.94. The van der Waals surface area contributed by atoms with Gasteiger partial charge >= 0.3 is 0 Å². The Hall–Kier alpha value is -0.920. The second kappa shape index (κ2) is 8.23. The van der Waals surface area contributed by atoms with Crippen molar-refractivity contribution in [1.82, 2.24) is 5.32 Å². The monoisotopic (exact) mass is 287 g/mol. The molecule has 1 rings (SSSR count). The number of benzene rings is 1. The summed E-state index contributed by atoms with van der Waals surface area (Å²) in [7, 11) is 0. The summed E-state index contributed by atoms with van der Waals surface area (Å²) in [5, 5.41) is 13.7. The summed E-state index contributed by atoms with van der Waals surface area (Å²) in [4.78, 5) is 0. The Balaban J connectivity index is 2.31. The molecule has 0 aliphatic carbocycles. The van der Waals surface area contributed by atoms with Crippen LogP contribution in [-0.4, -0.2) is 30.9 Å². The zero-order valence-corrected chi connectivity index (χ0v) is 11.3. The molecule has 0 fully saturated rings. The van der Waals surface area contributed by atoms with Gasteiger partial charge in [0.05, 0.1) is 5.02 Å². The molecule has 0 saturated heterocycles. The van der Waals surface area contributed by atoms with E-state index in [0.717, 1.165) is 0 Å². The molecule has 0 aliphatic rings. The molecule has 0 amide bonds. The lowest BCUT2D eigenvalue weighted by Gasteiger charge is -2.13. The molecule has 1 aromatic carbocycles. The van der Waals surface area contributed by atoms with Gasteiger partial charge in [-0.1, -0.05) is 23.2 Å². The molecule has 1 aromatic rings. The van der Waals surface area contributed by atoms with Crippen LogP contribution in [0.5, 0.6) is 5.75 Å². The van der Waals surface area contributed by atoms with E-state index in [-0.39, 0.29) is 6.61 Å². The van der Waals surface area contributed by atoms with E-state index < -0.39 is 6.10 Å². The lowest BCUT2D eigenvalue weighted by Crippen LogP contribution is -2.31. The maximum Gasteiger partial charge on any atom is 0.139 e. The molecule has 2 N–H and O–H groups in total. The van der Waals surface area contributed by atoms with Gasteiger partial charge in [-0.3, -0.25) is 0 Å². The quantitative estimate of drug-likeness (QED) is 0.598. The number of nitrogens with one attached hydrogen (secondary N) is 1. The lowest BCUT2D eigenvalue weighted by molar-refractivity contribution is 0.107. The lowest BCUT2D eigenvalue weighted by atomic mass is 10.3. The van der Waals surface area contributed by atoms with Crippen LogP contribution in [0, 0.1) is 12.3 Å². The topological polar surface area (TPSA) is 41.5 Å². The van der Waals surface area contributed by atoms with Crippen molar-refractivity contribution in [3.8, 4) is 18.1 Å². The number of halogens is 2. The van der Waals surface area contributed by atoms with Gasteiger partial charge in [-0.2, -0.15) is 0 Å². The van der Waals surface area contributed by atoms with E-state index >= 15 is 0 Å². The Labute approximate surface area is 117 Å². The SMILES string of the molecule is C#CCCNCC(O)COc1cc(Cl)ccc1Cl. The van der Waals surface area contributed by atoms with Crippen LogP contribution >= 0.6 is 23.2 Å². The van der Waals surface area contributed by atoms with Crippen molar-refractivity contribution in [2.75, 3.05) is 19.7 Å². The van der Waals surface area contributed by atoms with Crippen LogP contribution in [0.1, 0.15) is 6.42 Å². The molecule has 98 valence electrons. The highest BCUT2D eigenvalue weighted by molar-refractivity contribution is 6.34. The summed E-state index contributed by atoms with van der Waals surface area (Å²) >= 11 is 11.7. The average Bonchev–Trinajstić information content (AvgIpc) is 2.36. The van der Waals surface area contributed by atoms with Crippen LogP contribution in [-0.2, 0) is 0 Å². The molecule has 3 nitrogen and oxygen atoms in total. The standard InChI is InChI=1S/C13H15Cl2NO2/c1-2-3-6-16-8-11(17)9-18-13-7-10(14)4-5-12(13)15/h1,4-5,7,11,16-17H,3,6,8-9H2. The molecule has 0 aliphatic heterocycles. The van der Waals surface area contributed by atoms with Gasteiger partial charge in [-0.15, -0.1) is 12.3 Å². The molecule has 0 bridgehead atoms. The highest BCUT2D eigenvalue weighted by atomic mass is 35.5. The van der Waals surface area contributed by atoms with Crippen molar-refractivity contribution >= 4 is 23.2 Å². The zero-order chi connectivity index (χ0) is 13.4. The molecule has 0 saturated carbocycles. The Morgan fingerprint density at radius 1 is 1.44 bits per heavy atom. The van der Waals surface area contributed by atoms with Crippen LogP contribution < -0.4 is 10.1 Å².